The first-order chi connectivity index (χ1) is 12.0. The Kier molecular flexibility index (Phi) is 5.20. The van der Waals surface area contributed by atoms with Crippen molar-refractivity contribution in [2.24, 2.45) is 7.05 Å². The number of hydrogen-bond donors (Lipinski definition) is 0. The summed E-state index contributed by atoms with van der Waals surface area (Å²) in [5.41, 5.74) is 2.26. The first-order valence-electron chi connectivity index (χ1n) is 9.10. The van der Waals surface area contributed by atoms with Crippen molar-refractivity contribution in [1.82, 2.24) is 24.9 Å². The van der Waals surface area contributed by atoms with Crippen molar-refractivity contribution < 1.29 is 9.21 Å². The predicted octanol–water partition coefficient (Wildman–Crippen LogP) is 2.40. The van der Waals surface area contributed by atoms with Crippen LogP contribution in [0.25, 0.3) is 0 Å². The highest BCUT2D eigenvalue weighted by Gasteiger charge is 2.34. The summed E-state index contributed by atoms with van der Waals surface area (Å²) in [4.78, 5) is 14.8. The van der Waals surface area contributed by atoms with Crippen LogP contribution in [0.1, 0.15) is 62.1 Å². The molecule has 25 heavy (non-hydrogen) atoms. The molecule has 0 saturated carbocycles. The van der Waals surface area contributed by atoms with E-state index in [-0.39, 0.29) is 17.9 Å². The van der Waals surface area contributed by atoms with Gasteiger partial charge in [0, 0.05) is 38.2 Å². The lowest BCUT2D eigenvalue weighted by Gasteiger charge is -2.38. The summed E-state index contributed by atoms with van der Waals surface area (Å²) in [5.74, 6) is 1.66. The van der Waals surface area contributed by atoms with Gasteiger partial charge >= 0.3 is 0 Å². The van der Waals surface area contributed by atoms with Gasteiger partial charge < -0.3 is 9.32 Å². The number of hydrogen-bond acceptors (Lipinski definition) is 5. The van der Waals surface area contributed by atoms with Gasteiger partial charge in [-0.25, -0.2) is 0 Å². The van der Waals surface area contributed by atoms with Gasteiger partial charge in [-0.1, -0.05) is 6.92 Å². The Balaban J connectivity index is 1.64. The molecule has 0 bridgehead atoms. The fraction of sp³-hybridized carbons (Fsp3) is 0.667. The van der Waals surface area contributed by atoms with E-state index in [4.69, 9.17) is 4.42 Å². The molecule has 1 aliphatic heterocycles. The molecule has 2 aromatic heterocycles. The molecule has 2 atom stereocenters. The summed E-state index contributed by atoms with van der Waals surface area (Å²) in [6, 6.07) is 0.0846. The van der Waals surface area contributed by atoms with Crippen molar-refractivity contribution in [2.75, 3.05) is 6.54 Å². The molecule has 0 N–H and O–H groups in total. The van der Waals surface area contributed by atoms with Gasteiger partial charge in [0.2, 0.25) is 17.7 Å². The SMILES string of the molecule is CCc1nnc([C@H]2CCCN(C(=O)CCc3cnn(C)c3C)[C@H]2C)o1. The average molecular weight is 345 g/mol. The van der Waals surface area contributed by atoms with Gasteiger partial charge in [-0.15, -0.1) is 10.2 Å². The number of carbonyl (C=O) groups is 1. The van der Waals surface area contributed by atoms with Crippen LogP contribution in [-0.2, 0) is 24.7 Å². The minimum absolute atomic E-state index is 0.0846. The zero-order chi connectivity index (χ0) is 18.0. The Morgan fingerprint density at radius 1 is 1.40 bits per heavy atom. The minimum Gasteiger partial charge on any atom is -0.425 e. The second-order valence-corrected chi connectivity index (χ2v) is 6.84. The minimum atomic E-state index is 0.0846. The Hall–Kier alpha value is -2.18. The van der Waals surface area contributed by atoms with Crippen molar-refractivity contribution in [1.29, 1.82) is 0 Å². The van der Waals surface area contributed by atoms with Crippen LogP contribution in [0.15, 0.2) is 10.6 Å². The third-order valence-electron chi connectivity index (χ3n) is 5.36. The van der Waals surface area contributed by atoms with Crippen molar-refractivity contribution in [2.45, 2.75) is 64.8 Å². The van der Waals surface area contributed by atoms with Gasteiger partial charge in [0.05, 0.1) is 12.1 Å². The van der Waals surface area contributed by atoms with E-state index < -0.39 is 0 Å². The normalized spacial score (nSPS) is 20.9. The maximum Gasteiger partial charge on any atom is 0.223 e. The standard InChI is InChI=1S/C18H27N5O2/c1-5-16-20-21-18(25-16)15-7-6-10-23(13(15)3)17(24)9-8-14-11-19-22(4)12(14)2/h11,13,15H,5-10H2,1-4H3/t13-,15-/m0/s1. The molecule has 0 unspecified atom stereocenters. The van der Waals surface area contributed by atoms with E-state index in [1.807, 2.05) is 36.7 Å². The number of nitrogens with zero attached hydrogens (tertiary/aromatic N) is 5. The second-order valence-electron chi connectivity index (χ2n) is 6.84. The number of rotatable bonds is 5. The van der Waals surface area contributed by atoms with E-state index in [2.05, 4.69) is 22.2 Å². The zero-order valence-electron chi connectivity index (χ0n) is 15.5. The van der Waals surface area contributed by atoms with Gasteiger partial charge in [-0.3, -0.25) is 9.48 Å². The lowest BCUT2D eigenvalue weighted by Crippen LogP contribution is -2.46. The summed E-state index contributed by atoms with van der Waals surface area (Å²) < 4.78 is 7.59. The largest absolute Gasteiger partial charge is 0.425 e. The van der Waals surface area contributed by atoms with E-state index in [0.29, 0.717) is 18.2 Å². The lowest BCUT2D eigenvalue weighted by atomic mass is 9.89. The summed E-state index contributed by atoms with van der Waals surface area (Å²) in [6.45, 7) is 6.93. The lowest BCUT2D eigenvalue weighted by molar-refractivity contribution is -0.135. The van der Waals surface area contributed by atoms with Crippen LogP contribution in [0.4, 0.5) is 0 Å². The summed E-state index contributed by atoms with van der Waals surface area (Å²) in [5, 5.41) is 12.5. The highest BCUT2D eigenvalue weighted by Crippen LogP contribution is 2.32. The van der Waals surface area contributed by atoms with E-state index in [9.17, 15) is 4.79 Å². The molecule has 2 aromatic rings. The zero-order valence-corrected chi connectivity index (χ0v) is 15.5. The maximum atomic E-state index is 12.8. The highest BCUT2D eigenvalue weighted by molar-refractivity contribution is 5.77. The maximum absolute atomic E-state index is 12.8. The molecule has 7 nitrogen and oxygen atoms in total. The number of carbonyl (C=O) groups excluding carboxylic acids is 1. The number of likely N-dealkylation sites (tertiary alicyclic amines) is 1. The molecule has 1 saturated heterocycles. The van der Waals surface area contributed by atoms with Crippen LogP contribution < -0.4 is 0 Å². The predicted molar refractivity (Wildman–Crippen MR) is 93.1 cm³/mol. The first-order valence-corrected chi connectivity index (χ1v) is 9.10. The molecule has 136 valence electrons. The summed E-state index contributed by atoms with van der Waals surface area (Å²) in [7, 11) is 1.92. The van der Waals surface area contributed by atoms with Crippen molar-refractivity contribution in [3.8, 4) is 0 Å². The van der Waals surface area contributed by atoms with Crippen molar-refractivity contribution in [3.05, 3.63) is 29.2 Å². The summed E-state index contributed by atoms with van der Waals surface area (Å²) in [6.07, 6.45) is 5.78. The van der Waals surface area contributed by atoms with E-state index in [1.165, 1.54) is 0 Å². The van der Waals surface area contributed by atoms with Crippen LogP contribution in [0, 0.1) is 6.92 Å². The van der Waals surface area contributed by atoms with E-state index >= 15 is 0 Å². The molecule has 1 amide bonds. The van der Waals surface area contributed by atoms with Gasteiger partial charge in [0.15, 0.2) is 0 Å². The molecule has 3 heterocycles. The molecule has 0 aromatic carbocycles. The molecule has 7 heteroatoms. The number of aromatic nitrogens is 4. The van der Waals surface area contributed by atoms with E-state index in [1.54, 1.807) is 0 Å². The monoisotopic (exact) mass is 345 g/mol. The van der Waals surface area contributed by atoms with Crippen LogP contribution in [-0.4, -0.2) is 43.4 Å². The van der Waals surface area contributed by atoms with Gasteiger partial charge in [-0.2, -0.15) is 5.10 Å². The second kappa shape index (κ2) is 7.37. The molecular weight excluding hydrogens is 318 g/mol. The number of amides is 1. The molecule has 0 spiro atoms. The van der Waals surface area contributed by atoms with Crippen molar-refractivity contribution >= 4 is 5.91 Å². The molecule has 0 aliphatic carbocycles. The van der Waals surface area contributed by atoms with Gasteiger partial charge in [-0.05, 0) is 38.7 Å². The first kappa shape index (κ1) is 17.6. The van der Waals surface area contributed by atoms with Gasteiger partial charge in [0.25, 0.3) is 0 Å². The number of aryl methyl sites for hydroxylation is 3. The van der Waals surface area contributed by atoms with E-state index in [0.717, 1.165) is 43.5 Å². The van der Waals surface area contributed by atoms with Crippen LogP contribution in [0.5, 0.6) is 0 Å². The Morgan fingerprint density at radius 2 is 2.20 bits per heavy atom. The third-order valence-corrected chi connectivity index (χ3v) is 5.36. The highest BCUT2D eigenvalue weighted by atomic mass is 16.4. The average Bonchev–Trinajstić information content (AvgIpc) is 3.21. The smallest absolute Gasteiger partial charge is 0.223 e. The number of piperidine rings is 1. The summed E-state index contributed by atoms with van der Waals surface area (Å²) >= 11 is 0. The molecule has 0 radical (unpaired) electrons. The van der Waals surface area contributed by atoms with Crippen molar-refractivity contribution in [3.63, 3.8) is 0 Å². The van der Waals surface area contributed by atoms with Gasteiger partial charge in [0.1, 0.15) is 0 Å². The Bertz CT molecular complexity index is 736. The molecule has 1 aliphatic rings. The van der Waals surface area contributed by atoms with Crippen LogP contribution >= 0.6 is 0 Å². The molecule has 3 rings (SSSR count). The molecule has 1 fully saturated rings. The molecular formula is C18H27N5O2. The third kappa shape index (κ3) is 3.60. The quantitative estimate of drug-likeness (QED) is 0.831. The van der Waals surface area contributed by atoms with Crippen LogP contribution in [0.3, 0.4) is 0 Å². The Labute approximate surface area is 148 Å². The fourth-order valence-corrected chi connectivity index (χ4v) is 3.56. The topological polar surface area (TPSA) is 77.1 Å². The van der Waals surface area contributed by atoms with Crippen LogP contribution in [0.2, 0.25) is 0 Å². The Morgan fingerprint density at radius 3 is 2.84 bits per heavy atom. The fourth-order valence-electron chi connectivity index (χ4n) is 3.56.